The predicted octanol–water partition coefficient (Wildman–Crippen LogP) is 0.454. The van der Waals surface area contributed by atoms with Crippen molar-refractivity contribution in [2.45, 2.75) is 6.10 Å². The van der Waals surface area contributed by atoms with Crippen molar-refractivity contribution in [1.29, 1.82) is 0 Å². The number of amides is 1. The van der Waals surface area contributed by atoms with Gasteiger partial charge in [0.2, 0.25) is 0 Å². The predicted molar refractivity (Wildman–Crippen MR) is 61.6 cm³/mol. The van der Waals surface area contributed by atoms with Crippen LogP contribution in [0.1, 0.15) is 10.4 Å². The SMILES string of the molecule is Nc1ccc(OCC2CNC(=O)O2)c(C(=O)O)c1. The summed E-state index contributed by atoms with van der Waals surface area (Å²) in [6.07, 6.45) is -0.920. The number of cyclic esters (lactones) is 1. The van der Waals surface area contributed by atoms with Crippen molar-refractivity contribution in [3.8, 4) is 5.75 Å². The summed E-state index contributed by atoms with van der Waals surface area (Å²) in [4.78, 5) is 21.8. The van der Waals surface area contributed by atoms with E-state index in [4.69, 9.17) is 20.3 Å². The summed E-state index contributed by atoms with van der Waals surface area (Å²) in [6.45, 7) is 0.430. The standard InChI is InChI=1S/C11H12N2O5/c12-6-1-2-9(8(3-6)10(14)15)17-5-7-4-13-11(16)18-7/h1-3,7H,4-5,12H2,(H,13,16)(H,14,15). The highest BCUT2D eigenvalue weighted by atomic mass is 16.6. The van der Waals surface area contributed by atoms with Gasteiger partial charge in [0.25, 0.3) is 0 Å². The van der Waals surface area contributed by atoms with Gasteiger partial charge in [0.05, 0.1) is 6.54 Å². The summed E-state index contributed by atoms with van der Waals surface area (Å²) < 4.78 is 10.2. The highest BCUT2D eigenvalue weighted by Crippen LogP contribution is 2.22. The molecule has 0 radical (unpaired) electrons. The van der Waals surface area contributed by atoms with Crippen LogP contribution in [-0.4, -0.2) is 36.4 Å². The quantitative estimate of drug-likeness (QED) is 0.671. The Morgan fingerprint density at radius 3 is 3.00 bits per heavy atom. The summed E-state index contributed by atoms with van der Waals surface area (Å²) in [5.41, 5.74) is 5.82. The van der Waals surface area contributed by atoms with Crippen molar-refractivity contribution in [3.63, 3.8) is 0 Å². The molecule has 1 aromatic carbocycles. The molecule has 1 amide bonds. The second-order valence-corrected chi connectivity index (χ2v) is 3.78. The number of rotatable bonds is 4. The van der Waals surface area contributed by atoms with Gasteiger partial charge >= 0.3 is 12.1 Å². The summed E-state index contributed by atoms with van der Waals surface area (Å²) >= 11 is 0. The summed E-state index contributed by atoms with van der Waals surface area (Å²) in [7, 11) is 0. The molecule has 1 heterocycles. The highest BCUT2D eigenvalue weighted by molar-refractivity contribution is 5.92. The lowest BCUT2D eigenvalue weighted by Crippen LogP contribution is -2.22. The van der Waals surface area contributed by atoms with Crippen molar-refractivity contribution in [3.05, 3.63) is 23.8 Å². The van der Waals surface area contributed by atoms with E-state index >= 15 is 0 Å². The third-order valence-corrected chi connectivity index (χ3v) is 2.41. The van der Waals surface area contributed by atoms with Crippen LogP contribution >= 0.6 is 0 Å². The number of anilines is 1. The zero-order valence-corrected chi connectivity index (χ0v) is 9.38. The molecule has 1 aliphatic heterocycles. The molecule has 1 saturated heterocycles. The van der Waals surface area contributed by atoms with Gasteiger partial charge in [-0.1, -0.05) is 0 Å². The summed E-state index contributed by atoms with van der Waals surface area (Å²) in [5, 5.41) is 11.5. The molecule has 7 heteroatoms. The number of carbonyl (C=O) groups is 2. The number of hydrogen-bond acceptors (Lipinski definition) is 5. The molecule has 1 unspecified atom stereocenters. The molecular weight excluding hydrogens is 240 g/mol. The Hall–Kier alpha value is -2.44. The van der Waals surface area contributed by atoms with E-state index in [1.807, 2.05) is 0 Å². The Bertz CT molecular complexity index is 488. The molecular formula is C11H12N2O5. The number of carboxylic acids is 1. The number of nitrogen functional groups attached to an aromatic ring is 1. The monoisotopic (exact) mass is 252 g/mol. The molecule has 1 fully saturated rings. The van der Waals surface area contributed by atoms with Gasteiger partial charge < -0.3 is 25.6 Å². The van der Waals surface area contributed by atoms with Gasteiger partial charge in [-0.25, -0.2) is 9.59 Å². The molecule has 7 nitrogen and oxygen atoms in total. The molecule has 0 spiro atoms. The molecule has 2 rings (SSSR count). The minimum atomic E-state index is -1.13. The van der Waals surface area contributed by atoms with E-state index in [-0.39, 0.29) is 17.9 Å². The van der Waals surface area contributed by atoms with Crippen molar-refractivity contribution in [1.82, 2.24) is 5.32 Å². The number of nitrogens with two attached hydrogens (primary N) is 1. The molecule has 1 aliphatic rings. The summed E-state index contributed by atoms with van der Waals surface area (Å²) in [6, 6.07) is 4.33. The maximum absolute atomic E-state index is 11.0. The third kappa shape index (κ3) is 2.62. The largest absolute Gasteiger partial charge is 0.489 e. The maximum Gasteiger partial charge on any atom is 0.407 e. The van der Waals surface area contributed by atoms with E-state index in [2.05, 4.69) is 5.32 Å². The molecule has 1 atom stereocenters. The Labute approximate surface area is 102 Å². The zero-order valence-electron chi connectivity index (χ0n) is 9.38. The minimum Gasteiger partial charge on any atom is -0.489 e. The van der Waals surface area contributed by atoms with Gasteiger partial charge in [0.1, 0.15) is 17.9 Å². The lowest BCUT2D eigenvalue weighted by molar-refractivity contribution is 0.0684. The van der Waals surface area contributed by atoms with E-state index in [9.17, 15) is 9.59 Å². The van der Waals surface area contributed by atoms with E-state index < -0.39 is 18.2 Å². The van der Waals surface area contributed by atoms with Crippen LogP contribution in [0.4, 0.5) is 10.5 Å². The Balaban J connectivity index is 2.04. The van der Waals surface area contributed by atoms with E-state index in [1.165, 1.54) is 12.1 Å². The van der Waals surface area contributed by atoms with Crippen LogP contribution in [0.2, 0.25) is 0 Å². The first kappa shape index (κ1) is 12.0. The zero-order chi connectivity index (χ0) is 13.1. The number of hydrogen-bond donors (Lipinski definition) is 3. The molecule has 0 saturated carbocycles. The molecule has 0 aromatic heterocycles. The van der Waals surface area contributed by atoms with E-state index in [0.717, 1.165) is 0 Å². The number of nitrogens with one attached hydrogen (secondary N) is 1. The van der Waals surface area contributed by atoms with Crippen LogP contribution in [-0.2, 0) is 4.74 Å². The minimum absolute atomic E-state index is 0.0210. The average molecular weight is 252 g/mol. The number of aromatic carboxylic acids is 1. The van der Waals surface area contributed by atoms with Gasteiger partial charge in [-0.2, -0.15) is 0 Å². The summed E-state index contributed by atoms with van der Waals surface area (Å²) in [5.74, 6) is -0.932. The molecule has 0 aliphatic carbocycles. The fourth-order valence-electron chi connectivity index (χ4n) is 1.55. The third-order valence-electron chi connectivity index (χ3n) is 2.41. The lowest BCUT2D eigenvalue weighted by atomic mass is 10.2. The van der Waals surface area contributed by atoms with Crippen LogP contribution in [0.5, 0.6) is 5.75 Å². The number of alkyl carbamates (subject to hydrolysis) is 1. The Morgan fingerprint density at radius 2 is 2.39 bits per heavy atom. The highest BCUT2D eigenvalue weighted by Gasteiger charge is 2.23. The van der Waals surface area contributed by atoms with Crippen LogP contribution < -0.4 is 15.8 Å². The van der Waals surface area contributed by atoms with Crippen molar-refractivity contribution in [2.24, 2.45) is 0 Å². The second kappa shape index (κ2) is 4.82. The van der Waals surface area contributed by atoms with Crippen molar-refractivity contribution < 1.29 is 24.2 Å². The first-order valence-corrected chi connectivity index (χ1v) is 5.26. The fourth-order valence-corrected chi connectivity index (χ4v) is 1.55. The van der Waals surface area contributed by atoms with Gasteiger partial charge in [0.15, 0.2) is 6.10 Å². The van der Waals surface area contributed by atoms with E-state index in [1.54, 1.807) is 6.07 Å². The molecule has 0 bridgehead atoms. The van der Waals surface area contributed by atoms with Crippen molar-refractivity contribution in [2.75, 3.05) is 18.9 Å². The lowest BCUT2D eigenvalue weighted by Gasteiger charge is -2.12. The molecule has 4 N–H and O–H groups in total. The first-order valence-electron chi connectivity index (χ1n) is 5.26. The van der Waals surface area contributed by atoms with Crippen LogP contribution in [0.25, 0.3) is 0 Å². The van der Waals surface area contributed by atoms with Gasteiger partial charge in [-0.15, -0.1) is 0 Å². The van der Waals surface area contributed by atoms with Crippen LogP contribution in [0, 0.1) is 0 Å². The Morgan fingerprint density at radius 1 is 1.61 bits per heavy atom. The normalized spacial score (nSPS) is 18.0. The van der Waals surface area contributed by atoms with Crippen LogP contribution in [0.3, 0.4) is 0 Å². The van der Waals surface area contributed by atoms with Gasteiger partial charge in [0, 0.05) is 5.69 Å². The smallest absolute Gasteiger partial charge is 0.407 e. The second-order valence-electron chi connectivity index (χ2n) is 3.78. The number of ether oxygens (including phenoxy) is 2. The molecule has 96 valence electrons. The van der Waals surface area contributed by atoms with E-state index in [0.29, 0.717) is 12.2 Å². The number of carboxylic acid groups (broad SMARTS) is 1. The van der Waals surface area contributed by atoms with Crippen molar-refractivity contribution >= 4 is 17.7 Å². The number of carbonyl (C=O) groups excluding carboxylic acids is 1. The first-order chi connectivity index (χ1) is 8.56. The maximum atomic E-state index is 11.0. The van der Waals surface area contributed by atoms with Gasteiger partial charge in [-0.05, 0) is 18.2 Å². The average Bonchev–Trinajstić information content (AvgIpc) is 2.73. The molecule has 18 heavy (non-hydrogen) atoms. The fraction of sp³-hybridized carbons (Fsp3) is 0.273. The van der Waals surface area contributed by atoms with Crippen LogP contribution in [0.15, 0.2) is 18.2 Å². The molecule has 1 aromatic rings. The Kier molecular flexibility index (Phi) is 3.22. The topological polar surface area (TPSA) is 111 Å². The number of benzene rings is 1. The van der Waals surface area contributed by atoms with Gasteiger partial charge in [-0.3, -0.25) is 0 Å².